The van der Waals surface area contributed by atoms with Crippen LogP contribution in [0.2, 0.25) is 0 Å². The van der Waals surface area contributed by atoms with Crippen molar-refractivity contribution in [1.29, 1.82) is 0 Å². The molecule has 1 aromatic carbocycles. The normalized spacial score (nSPS) is 10.7. The van der Waals surface area contributed by atoms with Crippen molar-refractivity contribution in [2.24, 2.45) is 0 Å². The quantitative estimate of drug-likeness (QED) is 0.626. The maximum atomic E-state index is 4.47. The molecule has 0 aliphatic heterocycles. The molecule has 0 spiro atoms. The molecule has 0 bridgehead atoms. The molecule has 2 heteroatoms. The lowest BCUT2D eigenvalue weighted by molar-refractivity contribution is 0.607. The van der Waals surface area contributed by atoms with Gasteiger partial charge in [-0.3, -0.25) is 0 Å². The molecule has 0 atom stereocenters. The summed E-state index contributed by atoms with van der Waals surface area (Å²) in [6.45, 7) is 2.26. The second-order valence-electron chi connectivity index (χ2n) is 5.30. The lowest BCUT2D eigenvalue weighted by Gasteiger charge is -2.03. The number of hydrogen-bond donors (Lipinski definition) is 0. The van der Waals surface area contributed by atoms with Crippen molar-refractivity contribution in [3.63, 3.8) is 0 Å². The monoisotopic (exact) mass is 268 g/mol. The van der Waals surface area contributed by atoms with E-state index in [1.165, 1.54) is 44.1 Å². The maximum absolute atomic E-state index is 4.47. The minimum absolute atomic E-state index is 0.817. The summed E-state index contributed by atoms with van der Waals surface area (Å²) in [4.78, 5) is 8.93. The fourth-order valence-electron chi connectivity index (χ4n) is 2.33. The van der Waals surface area contributed by atoms with Crippen LogP contribution < -0.4 is 0 Å². The van der Waals surface area contributed by atoms with Crippen molar-refractivity contribution in [3.05, 3.63) is 48.3 Å². The molecule has 0 fully saturated rings. The number of nitrogens with zero attached hydrogens (tertiary/aromatic N) is 2. The third-order valence-corrected chi connectivity index (χ3v) is 3.56. The van der Waals surface area contributed by atoms with Gasteiger partial charge >= 0.3 is 0 Å². The van der Waals surface area contributed by atoms with Gasteiger partial charge in [-0.25, -0.2) is 9.97 Å². The molecule has 2 rings (SSSR count). The Labute approximate surface area is 122 Å². The molecule has 2 nitrogen and oxygen atoms in total. The molecule has 0 aliphatic carbocycles. The topological polar surface area (TPSA) is 25.8 Å². The van der Waals surface area contributed by atoms with Crippen LogP contribution in [0.4, 0.5) is 0 Å². The van der Waals surface area contributed by atoms with Gasteiger partial charge < -0.3 is 0 Å². The molecule has 1 aromatic heterocycles. The van der Waals surface area contributed by atoms with Gasteiger partial charge in [-0.2, -0.15) is 0 Å². The van der Waals surface area contributed by atoms with Crippen molar-refractivity contribution in [1.82, 2.24) is 9.97 Å². The van der Waals surface area contributed by atoms with Crippen molar-refractivity contribution in [2.45, 2.75) is 51.9 Å². The Balaban J connectivity index is 1.77. The van der Waals surface area contributed by atoms with E-state index in [9.17, 15) is 0 Å². The minimum Gasteiger partial charge on any atom is -0.236 e. The minimum atomic E-state index is 0.817. The van der Waals surface area contributed by atoms with Gasteiger partial charge in [0.15, 0.2) is 5.82 Å². The van der Waals surface area contributed by atoms with E-state index in [1.54, 1.807) is 0 Å². The predicted octanol–water partition coefficient (Wildman–Crippen LogP) is 5.05. The second-order valence-corrected chi connectivity index (χ2v) is 5.30. The maximum Gasteiger partial charge on any atom is 0.159 e. The third kappa shape index (κ3) is 4.76. The first kappa shape index (κ1) is 14.7. The van der Waals surface area contributed by atoms with Crippen LogP contribution in [-0.4, -0.2) is 9.97 Å². The third-order valence-electron chi connectivity index (χ3n) is 3.56. The molecule has 20 heavy (non-hydrogen) atoms. The number of unbranched alkanes of at least 4 members (excludes halogenated alkanes) is 5. The Kier molecular flexibility index (Phi) is 6.22. The molecule has 0 unspecified atom stereocenters. The van der Waals surface area contributed by atoms with Crippen molar-refractivity contribution in [3.8, 4) is 11.4 Å². The van der Waals surface area contributed by atoms with E-state index in [0.29, 0.717) is 0 Å². The van der Waals surface area contributed by atoms with E-state index in [4.69, 9.17) is 0 Å². The van der Waals surface area contributed by atoms with Crippen LogP contribution in [0.1, 0.15) is 51.0 Å². The first-order chi connectivity index (χ1) is 9.90. The summed E-state index contributed by atoms with van der Waals surface area (Å²) >= 11 is 0. The molecule has 0 aliphatic rings. The van der Waals surface area contributed by atoms with Gasteiger partial charge in [0.05, 0.1) is 0 Å². The number of aryl methyl sites for hydroxylation is 1. The number of aromatic nitrogens is 2. The van der Waals surface area contributed by atoms with Crippen LogP contribution in [0.5, 0.6) is 0 Å². The zero-order chi connectivity index (χ0) is 14.0. The zero-order valence-corrected chi connectivity index (χ0v) is 12.4. The largest absolute Gasteiger partial charge is 0.236 e. The lowest BCUT2D eigenvalue weighted by atomic mass is 10.1. The first-order valence-corrected chi connectivity index (χ1v) is 7.76. The fraction of sp³-hybridized carbons (Fsp3) is 0.444. The van der Waals surface area contributed by atoms with Gasteiger partial charge in [-0.05, 0) is 18.4 Å². The summed E-state index contributed by atoms with van der Waals surface area (Å²) in [7, 11) is 0. The van der Waals surface area contributed by atoms with Gasteiger partial charge in [0.1, 0.15) is 0 Å². The van der Waals surface area contributed by atoms with Crippen molar-refractivity contribution in [2.75, 3.05) is 0 Å². The van der Waals surface area contributed by atoms with E-state index in [2.05, 4.69) is 16.9 Å². The van der Waals surface area contributed by atoms with Crippen LogP contribution in [0.25, 0.3) is 11.4 Å². The Morgan fingerprint density at radius 3 is 2.15 bits per heavy atom. The average molecular weight is 268 g/mol. The Bertz CT molecular complexity index is 477. The Morgan fingerprint density at radius 2 is 1.45 bits per heavy atom. The standard InChI is InChI=1S/C18H24N2/c1-2-3-4-5-6-8-11-16-14-19-18(20-15-16)17-12-9-7-10-13-17/h7,9-10,12-15H,2-6,8,11H2,1H3. The number of benzene rings is 1. The highest BCUT2D eigenvalue weighted by molar-refractivity contribution is 5.53. The summed E-state index contributed by atoms with van der Waals surface area (Å²) in [5.74, 6) is 0.817. The first-order valence-electron chi connectivity index (χ1n) is 7.76. The second kappa shape index (κ2) is 8.47. The molecule has 0 saturated carbocycles. The van der Waals surface area contributed by atoms with Gasteiger partial charge in [-0.1, -0.05) is 69.4 Å². The zero-order valence-electron chi connectivity index (χ0n) is 12.4. The Hall–Kier alpha value is -1.70. The molecule has 0 saturated heterocycles. The van der Waals surface area contributed by atoms with Crippen LogP contribution in [-0.2, 0) is 6.42 Å². The molecule has 0 radical (unpaired) electrons. The summed E-state index contributed by atoms with van der Waals surface area (Å²) in [5.41, 5.74) is 2.33. The van der Waals surface area contributed by atoms with E-state index in [0.717, 1.165) is 17.8 Å². The van der Waals surface area contributed by atoms with Gasteiger partial charge in [0.2, 0.25) is 0 Å². The van der Waals surface area contributed by atoms with Crippen LogP contribution >= 0.6 is 0 Å². The van der Waals surface area contributed by atoms with Crippen molar-refractivity contribution >= 4 is 0 Å². The van der Waals surface area contributed by atoms with Gasteiger partial charge in [0, 0.05) is 18.0 Å². The molecular weight excluding hydrogens is 244 g/mol. The molecule has 2 aromatic rings. The Morgan fingerprint density at radius 1 is 0.800 bits per heavy atom. The smallest absolute Gasteiger partial charge is 0.159 e. The molecule has 1 heterocycles. The average Bonchev–Trinajstić information content (AvgIpc) is 2.52. The van der Waals surface area contributed by atoms with E-state index in [1.807, 2.05) is 42.7 Å². The van der Waals surface area contributed by atoms with E-state index in [-0.39, 0.29) is 0 Å². The fourth-order valence-corrected chi connectivity index (χ4v) is 2.33. The molecule has 0 N–H and O–H groups in total. The summed E-state index contributed by atoms with van der Waals surface area (Å²) < 4.78 is 0. The highest BCUT2D eigenvalue weighted by Gasteiger charge is 2.00. The lowest BCUT2D eigenvalue weighted by Crippen LogP contribution is -1.93. The van der Waals surface area contributed by atoms with E-state index < -0.39 is 0 Å². The highest BCUT2D eigenvalue weighted by Crippen LogP contribution is 2.14. The predicted molar refractivity (Wildman–Crippen MR) is 84.5 cm³/mol. The number of rotatable bonds is 8. The van der Waals surface area contributed by atoms with Crippen molar-refractivity contribution < 1.29 is 0 Å². The SMILES string of the molecule is CCCCCCCCc1cnc(-c2ccccc2)nc1. The summed E-state index contributed by atoms with van der Waals surface area (Å²) in [5, 5.41) is 0. The van der Waals surface area contributed by atoms with Crippen LogP contribution in [0, 0.1) is 0 Å². The van der Waals surface area contributed by atoms with Crippen LogP contribution in [0.15, 0.2) is 42.7 Å². The van der Waals surface area contributed by atoms with Gasteiger partial charge in [0.25, 0.3) is 0 Å². The summed E-state index contributed by atoms with van der Waals surface area (Å²) in [6.07, 6.45) is 13.0. The molecule has 106 valence electrons. The highest BCUT2D eigenvalue weighted by atomic mass is 14.9. The van der Waals surface area contributed by atoms with E-state index >= 15 is 0 Å². The van der Waals surface area contributed by atoms with Gasteiger partial charge in [-0.15, -0.1) is 0 Å². The molecule has 0 amide bonds. The van der Waals surface area contributed by atoms with Crippen LogP contribution in [0.3, 0.4) is 0 Å². The number of hydrogen-bond acceptors (Lipinski definition) is 2. The molecular formula is C18H24N2. The summed E-state index contributed by atoms with van der Waals surface area (Å²) in [6, 6.07) is 10.1.